The smallest absolute Gasteiger partial charge is 0.262 e. The number of carbonyl (C=O) groups is 1. The van der Waals surface area contributed by atoms with Crippen LogP contribution in [0.5, 0.6) is 5.75 Å². The van der Waals surface area contributed by atoms with Gasteiger partial charge in [0.25, 0.3) is 5.91 Å². The number of anilines is 1. The second kappa shape index (κ2) is 9.70. The van der Waals surface area contributed by atoms with Gasteiger partial charge >= 0.3 is 0 Å². The van der Waals surface area contributed by atoms with Crippen molar-refractivity contribution in [3.63, 3.8) is 0 Å². The maximum atomic E-state index is 12.0. The highest BCUT2D eigenvalue weighted by molar-refractivity contribution is 5.91. The van der Waals surface area contributed by atoms with Crippen LogP contribution in [0.1, 0.15) is 11.1 Å². The molecule has 0 radical (unpaired) electrons. The summed E-state index contributed by atoms with van der Waals surface area (Å²) in [7, 11) is 1.67. The molecule has 0 saturated carbocycles. The summed E-state index contributed by atoms with van der Waals surface area (Å²) in [6, 6.07) is 15.4. The number of nitrogens with one attached hydrogen (secondary N) is 2. The van der Waals surface area contributed by atoms with Crippen molar-refractivity contribution in [3.05, 3.63) is 59.7 Å². The number of rotatable bonds is 9. The highest BCUT2D eigenvalue weighted by atomic mass is 16.5. The van der Waals surface area contributed by atoms with Crippen LogP contribution in [-0.2, 0) is 16.1 Å². The summed E-state index contributed by atoms with van der Waals surface area (Å²) in [5, 5.41) is 6.09. The molecule has 0 atom stereocenters. The lowest BCUT2D eigenvalue weighted by atomic mass is 10.2. The van der Waals surface area contributed by atoms with Crippen molar-refractivity contribution < 1.29 is 14.3 Å². The van der Waals surface area contributed by atoms with Gasteiger partial charge in [-0.3, -0.25) is 4.79 Å². The highest BCUT2D eigenvalue weighted by Gasteiger charge is 2.07. The van der Waals surface area contributed by atoms with Gasteiger partial charge in [0.2, 0.25) is 0 Å². The van der Waals surface area contributed by atoms with E-state index in [2.05, 4.69) is 10.6 Å². The molecule has 0 bridgehead atoms. The SMILES string of the molecule is COCCNCc1ccccc1OCC(=O)Nc1ccc(C)cc1. The molecule has 0 aliphatic rings. The van der Waals surface area contributed by atoms with Crippen LogP contribution in [0.25, 0.3) is 0 Å². The molecule has 2 aromatic carbocycles. The zero-order valence-electron chi connectivity index (χ0n) is 14.2. The molecule has 0 heterocycles. The molecule has 0 spiro atoms. The molecular formula is C19H24N2O3. The zero-order valence-corrected chi connectivity index (χ0v) is 14.2. The second-order valence-electron chi connectivity index (χ2n) is 5.48. The van der Waals surface area contributed by atoms with E-state index in [0.717, 1.165) is 23.4 Å². The van der Waals surface area contributed by atoms with Crippen LogP contribution in [-0.4, -0.2) is 32.8 Å². The van der Waals surface area contributed by atoms with Gasteiger partial charge in [-0.1, -0.05) is 35.9 Å². The van der Waals surface area contributed by atoms with E-state index in [1.807, 2.05) is 55.5 Å². The molecule has 128 valence electrons. The first-order chi connectivity index (χ1) is 11.7. The first-order valence-electron chi connectivity index (χ1n) is 7.96. The number of carbonyl (C=O) groups excluding carboxylic acids is 1. The number of hydrogen-bond acceptors (Lipinski definition) is 4. The van der Waals surface area contributed by atoms with Crippen LogP contribution in [0.2, 0.25) is 0 Å². The van der Waals surface area contributed by atoms with Crippen molar-refractivity contribution in [2.45, 2.75) is 13.5 Å². The Morgan fingerprint density at radius 2 is 1.83 bits per heavy atom. The van der Waals surface area contributed by atoms with Gasteiger partial charge in [0.15, 0.2) is 6.61 Å². The maximum Gasteiger partial charge on any atom is 0.262 e. The van der Waals surface area contributed by atoms with E-state index in [1.165, 1.54) is 0 Å². The Morgan fingerprint density at radius 1 is 1.08 bits per heavy atom. The summed E-state index contributed by atoms with van der Waals surface area (Å²) >= 11 is 0. The largest absolute Gasteiger partial charge is 0.483 e. The highest BCUT2D eigenvalue weighted by Crippen LogP contribution is 2.17. The lowest BCUT2D eigenvalue weighted by Crippen LogP contribution is -2.22. The predicted octanol–water partition coefficient (Wildman–Crippen LogP) is 2.75. The molecule has 0 aliphatic carbocycles. The molecule has 0 fully saturated rings. The number of benzene rings is 2. The molecule has 0 aromatic heterocycles. The van der Waals surface area contributed by atoms with Gasteiger partial charge in [-0.25, -0.2) is 0 Å². The van der Waals surface area contributed by atoms with Gasteiger partial charge in [0, 0.05) is 31.5 Å². The fraction of sp³-hybridized carbons (Fsp3) is 0.316. The summed E-state index contributed by atoms with van der Waals surface area (Å²) in [5.74, 6) is 0.530. The molecule has 2 aromatic rings. The minimum Gasteiger partial charge on any atom is -0.483 e. The van der Waals surface area contributed by atoms with Crippen LogP contribution < -0.4 is 15.4 Å². The van der Waals surface area contributed by atoms with Gasteiger partial charge < -0.3 is 20.1 Å². The fourth-order valence-electron chi connectivity index (χ4n) is 2.17. The molecule has 1 amide bonds. The molecule has 2 N–H and O–H groups in total. The average molecular weight is 328 g/mol. The predicted molar refractivity (Wildman–Crippen MR) is 95.3 cm³/mol. The van der Waals surface area contributed by atoms with Crippen LogP contribution in [0, 0.1) is 6.92 Å². The lowest BCUT2D eigenvalue weighted by molar-refractivity contribution is -0.118. The molecular weight excluding hydrogens is 304 g/mol. The quantitative estimate of drug-likeness (QED) is 0.695. The molecule has 5 nitrogen and oxygen atoms in total. The van der Waals surface area contributed by atoms with Gasteiger partial charge in [0.1, 0.15) is 5.75 Å². The summed E-state index contributed by atoms with van der Waals surface area (Å²) in [6.07, 6.45) is 0. The summed E-state index contributed by atoms with van der Waals surface area (Å²) < 4.78 is 10.7. The number of ether oxygens (including phenoxy) is 2. The van der Waals surface area contributed by atoms with Gasteiger partial charge in [-0.2, -0.15) is 0 Å². The third-order valence-corrected chi connectivity index (χ3v) is 3.47. The van der Waals surface area contributed by atoms with Crippen molar-refractivity contribution in [3.8, 4) is 5.75 Å². The number of methoxy groups -OCH3 is 1. The number of aryl methyl sites for hydroxylation is 1. The van der Waals surface area contributed by atoms with Crippen LogP contribution in [0.3, 0.4) is 0 Å². The molecule has 2 rings (SSSR count). The third-order valence-electron chi connectivity index (χ3n) is 3.47. The van der Waals surface area contributed by atoms with E-state index in [0.29, 0.717) is 18.9 Å². The first-order valence-corrected chi connectivity index (χ1v) is 7.96. The molecule has 0 unspecified atom stereocenters. The Bertz CT molecular complexity index is 641. The summed E-state index contributed by atoms with van der Waals surface area (Å²) in [4.78, 5) is 12.0. The minimum atomic E-state index is -0.180. The summed E-state index contributed by atoms with van der Waals surface area (Å²) in [6.45, 7) is 4.06. The Hall–Kier alpha value is -2.37. The van der Waals surface area contributed by atoms with Crippen LogP contribution in [0.15, 0.2) is 48.5 Å². The van der Waals surface area contributed by atoms with Gasteiger partial charge in [-0.15, -0.1) is 0 Å². The van der Waals surface area contributed by atoms with E-state index < -0.39 is 0 Å². The normalized spacial score (nSPS) is 10.4. The number of para-hydroxylation sites is 1. The number of hydrogen-bond donors (Lipinski definition) is 2. The Labute approximate surface area is 143 Å². The van der Waals surface area contributed by atoms with Crippen molar-refractivity contribution in [1.82, 2.24) is 5.32 Å². The fourth-order valence-corrected chi connectivity index (χ4v) is 2.17. The van der Waals surface area contributed by atoms with Gasteiger partial charge in [0.05, 0.1) is 6.61 Å². The van der Waals surface area contributed by atoms with Crippen molar-refractivity contribution >= 4 is 11.6 Å². The van der Waals surface area contributed by atoms with E-state index in [-0.39, 0.29) is 12.5 Å². The van der Waals surface area contributed by atoms with E-state index in [4.69, 9.17) is 9.47 Å². The second-order valence-corrected chi connectivity index (χ2v) is 5.48. The molecule has 5 heteroatoms. The van der Waals surface area contributed by atoms with Crippen molar-refractivity contribution in [2.75, 3.05) is 32.2 Å². The lowest BCUT2D eigenvalue weighted by Gasteiger charge is -2.12. The van der Waals surface area contributed by atoms with Crippen LogP contribution >= 0.6 is 0 Å². The molecule has 24 heavy (non-hydrogen) atoms. The maximum absolute atomic E-state index is 12.0. The van der Waals surface area contributed by atoms with E-state index in [1.54, 1.807) is 7.11 Å². The van der Waals surface area contributed by atoms with Crippen molar-refractivity contribution in [1.29, 1.82) is 0 Å². The summed E-state index contributed by atoms with van der Waals surface area (Å²) in [5.41, 5.74) is 2.93. The Morgan fingerprint density at radius 3 is 2.58 bits per heavy atom. The van der Waals surface area contributed by atoms with E-state index in [9.17, 15) is 4.79 Å². The zero-order chi connectivity index (χ0) is 17.2. The first kappa shape index (κ1) is 18.0. The minimum absolute atomic E-state index is 0.0248. The monoisotopic (exact) mass is 328 g/mol. The van der Waals surface area contributed by atoms with Crippen molar-refractivity contribution in [2.24, 2.45) is 0 Å². The average Bonchev–Trinajstić information content (AvgIpc) is 2.60. The number of amides is 1. The Balaban J connectivity index is 1.84. The third kappa shape index (κ3) is 6.02. The topological polar surface area (TPSA) is 59.6 Å². The van der Waals surface area contributed by atoms with E-state index >= 15 is 0 Å². The molecule has 0 aliphatic heterocycles. The van der Waals surface area contributed by atoms with Gasteiger partial charge in [-0.05, 0) is 25.1 Å². The Kier molecular flexibility index (Phi) is 7.26. The van der Waals surface area contributed by atoms with Crippen LogP contribution in [0.4, 0.5) is 5.69 Å². The standard InChI is InChI=1S/C19H24N2O3/c1-15-7-9-17(10-8-15)21-19(22)14-24-18-6-4-3-5-16(18)13-20-11-12-23-2/h3-10,20H,11-14H2,1-2H3,(H,21,22). The molecule has 0 saturated heterocycles.